The van der Waals surface area contributed by atoms with Crippen molar-refractivity contribution in [2.75, 3.05) is 12.0 Å². The van der Waals surface area contributed by atoms with Crippen molar-refractivity contribution in [3.63, 3.8) is 0 Å². The Morgan fingerprint density at radius 3 is 2.48 bits per heavy atom. The standard InChI is InChI=1S/C24H19ClN2O4/c1-14-12-16(6-7-19(14)31-2)22(28)20-21(15-8-10-26-11-9-15)27(24(30)23(20)29)18-5-3-4-17(25)13-18/h3-13,21,28H,1-2H3/b22-20+. The van der Waals surface area contributed by atoms with Gasteiger partial charge in [-0.2, -0.15) is 0 Å². The van der Waals surface area contributed by atoms with Crippen LogP contribution >= 0.6 is 11.6 Å². The maximum Gasteiger partial charge on any atom is 0.300 e. The number of methoxy groups -OCH3 is 1. The number of pyridine rings is 1. The number of benzene rings is 2. The predicted molar refractivity (Wildman–Crippen MR) is 118 cm³/mol. The first-order valence-corrected chi connectivity index (χ1v) is 9.91. The molecule has 1 unspecified atom stereocenters. The van der Waals surface area contributed by atoms with Gasteiger partial charge in [0.15, 0.2) is 0 Å². The number of rotatable bonds is 4. The zero-order valence-electron chi connectivity index (χ0n) is 16.9. The second kappa shape index (κ2) is 8.24. The van der Waals surface area contributed by atoms with Crippen LogP contribution in [0.1, 0.15) is 22.7 Å². The monoisotopic (exact) mass is 434 g/mol. The lowest BCUT2D eigenvalue weighted by Gasteiger charge is -2.25. The highest BCUT2D eigenvalue weighted by Crippen LogP contribution is 2.42. The highest BCUT2D eigenvalue weighted by Gasteiger charge is 2.47. The van der Waals surface area contributed by atoms with E-state index in [0.717, 1.165) is 5.56 Å². The third-order valence-corrected chi connectivity index (χ3v) is 5.46. The lowest BCUT2D eigenvalue weighted by Crippen LogP contribution is -2.29. The Kier molecular flexibility index (Phi) is 5.48. The number of aryl methyl sites for hydroxylation is 1. The van der Waals surface area contributed by atoms with Crippen LogP contribution in [0.25, 0.3) is 5.76 Å². The van der Waals surface area contributed by atoms with Gasteiger partial charge < -0.3 is 9.84 Å². The molecule has 1 aliphatic rings. The molecule has 0 spiro atoms. The molecule has 156 valence electrons. The minimum absolute atomic E-state index is 0.000687. The second-order valence-electron chi connectivity index (χ2n) is 7.11. The number of anilines is 1. The maximum absolute atomic E-state index is 13.1. The molecule has 6 nitrogen and oxygen atoms in total. The number of amides is 1. The van der Waals surface area contributed by atoms with E-state index in [9.17, 15) is 14.7 Å². The summed E-state index contributed by atoms with van der Waals surface area (Å²) in [5.74, 6) is -1.11. The van der Waals surface area contributed by atoms with Gasteiger partial charge in [-0.1, -0.05) is 17.7 Å². The van der Waals surface area contributed by atoms with Crippen LogP contribution in [-0.4, -0.2) is 28.9 Å². The number of ether oxygens (including phenoxy) is 1. The number of halogens is 1. The summed E-state index contributed by atoms with van der Waals surface area (Å²) in [4.78, 5) is 31.5. The van der Waals surface area contributed by atoms with Crippen molar-refractivity contribution >= 4 is 34.7 Å². The number of aromatic nitrogens is 1. The summed E-state index contributed by atoms with van der Waals surface area (Å²) in [7, 11) is 1.56. The topological polar surface area (TPSA) is 79.7 Å². The van der Waals surface area contributed by atoms with Gasteiger partial charge in [-0.3, -0.25) is 19.5 Å². The third-order valence-electron chi connectivity index (χ3n) is 5.22. The van der Waals surface area contributed by atoms with Crippen molar-refractivity contribution in [1.29, 1.82) is 0 Å². The van der Waals surface area contributed by atoms with E-state index in [4.69, 9.17) is 16.3 Å². The summed E-state index contributed by atoms with van der Waals surface area (Å²) in [6, 6.07) is 14.4. The molecule has 0 saturated carbocycles. The summed E-state index contributed by atoms with van der Waals surface area (Å²) in [6.45, 7) is 1.83. The van der Waals surface area contributed by atoms with E-state index < -0.39 is 17.7 Å². The Hall–Kier alpha value is -3.64. The molecule has 3 aromatic rings. The van der Waals surface area contributed by atoms with Crippen LogP contribution in [0.2, 0.25) is 5.02 Å². The van der Waals surface area contributed by atoms with E-state index in [1.807, 2.05) is 6.92 Å². The van der Waals surface area contributed by atoms with E-state index in [1.54, 1.807) is 74.1 Å². The predicted octanol–water partition coefficient (Wildman–Crippen LogP) is 4.68. The van der Waals surface area contributed by atoms with Crippen LogP contribution in [0.15, 0.2) is 72.6 Å². The number of nitrogens with zero attached hydrogens (tertiary/aromatic N) is 2. The summed E-state index contributed by atoms with van der Waals surface area (Å²) in [5, 5.41) is 11.6. The van der Waals surface area contributed by atoms with E-state index in [0.29, 0.717) is 27.6 Å². The van der Waals surface area contributed by atoms with Gasteiger partial charge in [-0.25, -0.2) is 0 Å². The Morgan fingerprint density at radius 2 is 1.84 bits per heavy atom. The molecule has 1 atom stereocenters. The summed E-state index contributed by atoms with van der Waals surface area (Å²) in [6.07, 6.45) is 3.15. The smallest absolute Gasteiger partial charge is 0.300 e. The second-order valence-corrected chi connectivity index (χ2v) is 7.55. The zero-order chi connectivity index (χ0) is 22.1. The van der Waals surface area contributed by atoms with Crippen LogP contribution in [0.5, 0.6) is 5.75 Å². The van der Waals surface area contributed by atoms with Crippen molar-refractivity contribution in [2.24, 2.45) is 0 Å². The summed E-state index contributed by atoms with van der Waals surface area (Å²) in [5.41, 5.74) is 2.31. The quantitative estimate of drug-likeness (QED) is 0.366. The molecular weight excluding hydrogens is 416 g/mol. The van der Waals surface area contributed by atoms with Gasteiger partial charge >= 0.3 is 0 Å². The van der Waals surface area contributed by atoms with Crippen LogP contribution in [-0.2, 0) is 9.59 Å². The molecule has 2 aromatic carbocycles. The summed E-state index contributed by atoms with van der Waals surface area (Å²) < 4.78 is 5.27. The molecule has 1 N–H and O–H groups in total. The molecule has 0 aliphatic carbocycles. The molecular formula is C24H19ClN2O4. The van der Waals surface area contributed by atoms with Crippen molar-refractivity contribution in [1.82, 2.24) is 4.98 Å². The minimum Gasteiger partial charge on any atom is -0.507 e. The molecule has 7 heteroatoms. The molecule has 1 aliphatic heterocycles. The molecule has 2 heterocycles. The van der Waals surface area contributed by atoms with Gasteiger partial charge in [0.25, 0.3) is 11.7 Å². The van der Waals surface area contributed by atoms with Crippen LogP contribution in [0.3, 0.4) is 0 Å². The molecule has 1 saturated heterocycles. The van der Waals surface area contributed by atoms with Gasteiger partial charge in [0, 0.05) is 28.7 Å². The lowest BCUT2D eigenvalue weighted by molar-refractivity contribution is -0.132. The third kappa shape index (κ3) is 3.66. The fourth-order valence-corrected chi connectivity index (χ4v) is 3.95. The number of aliphatic hydroxyl groups is 1. The van der Waals surface area contributed by atoms with E-state index in [1.165, 1.54) is 4.90 Å². The number of hydrogen-bond acceptors (Lipinski definition) is 5. The normalized spacial score (nSPS) is 17.8. The van der Waals surface area contributed by atoms with E-state index in [2.05, 4.69) is 4.98 Å². The van der Waals surface area contributed by atoms with Gasteiger partial charge in [-0.15, -0.1) is 0 Å². The Balaban J connectivity index is 1.93. The van der Waals surface area contributed by atoms with E-state index >= 15 is 0 Å². The van der Waals surface area contributed by atoms with Crippen molar-refractivity contribution in [3.05, 3.63) is 94.3 Å². The SMILES string of the molecule is COc1ccc(/C(O)=C2\C(=O)C(=O)N(c3cccc(Cl)c3)C2c2ccncc2)cc1C. The van der Waals surface area contributed by atoms with Crippen LogP contribution < -0.4 is 9.64 Å². The van der Waals surface area contributed by atoms with Crippen molar-refractivity contribution < 1.29 is 19.4 Å². The van der Waals surface area contributed by atoms with Gasteiger partial charge in [0.1, 0.15) is 11.5 Å². The Labute approximate surface area is 184 Å². The average molecular weight is 435 g/mol. The number of aliphatic hydroxyl groups excluding tert-OH is 1. The first-order valence-electron chi connectivity index (χ1n) is 9.54. The number of Topliss-reactive ketones (excluding diaryl/α,β-unsaturated/α-hetero) is 1. The van der Waals surface area contributed by atoms with Crippen LogP contribution in [0, 0.1) is 6.92 Å². The molecule has 0 bridgehead atoms. The number of carbonyl (C=O) groups excluding carboxylic acids is 2. The number of ketones is 1. The Bertz CT molecular complexity index is 1210. The van der Waals surface area contributed by atoms with Gasteiger partial charge in [0.05, 0.1) is 18.7 Å². The maximum atomic E-state index is 13.1. The molecule has 1 amide bonds. The lowest BCUT2D eigenvalue weighted by atomic mass is 9.95. The fraction of sp³-hybridized carbons (Fsp3) is 0.125. The molecule has 4 rings (SSSR count). The first kappa shape index (κ1) is 20.6. The first-order chi connectivity index (χ1) is 14.9. The molecule has 31 heavy (non-hydrogen) atoms. The zero-order valence-corrected chi connectivity index (χ0v) is 17.6. The van der Waals surface area contributed by atoms with Gasteiger partial charge in [-0.05, 0) is 66.6 Å². The number of hydrogen-bond donors (Lipinski definition) is 1. The molecule has 1 fully saturated rings. The largest absolute Gasteiger partial charge is 0.507 e. The fourth-order valence-electron chi connectivity index (χ4n) is 3.77. The summed E-state index contributed by atoms with van der Waals surface area (Å²) >= 11 is 6.14. The molecule has 1 aromatic heterocycles. The number of carbonyl (C=O) groups is 2. The van der Waals surface area contributed by atoms with Crippen LogP contribution in [0.4, 0.5) is 5.69 Å². The minimum atomic E-state index is -0.830. The average Bonchev–Trinajstić information content (AvgIpc) is 3.04. The van der Waals surface area contributed by atoms with Crippen molar-refractivity contribution in [2.45, 2.75) is 13.0 Å². The highest BCUT2D eigenvalue weighted by molar-refractivity contribution is 6.51. The highest BCUT2D eigenvalue weighted by atomic mass is 35.5. The van der Waals surface area contributed by atoms with E-state index in [-0.39, 0.29) is 11.3 Å². The van der Waals surface area contributed by atoms with Gasteiger partial charge in [0.2, 0.25) is 0 Å². The Morgan fingerprint density at radius 1 is 1.10 bits per heavy atom. The molecule has 0 radical (unpaired) electrons. The van der Waals surface area contributed by atoms with Crippen molar-refractivity contribution in [3.8, 4) is 5.75 Å².